The smallest absolute Gasteiger partial charge is 0.384 e. The molecule has 0 bridgehead atoms. The molecule has 3 N–H and O–H groups in total. The Morgan fingerprint density at radius 1 is 1.19 bits per heavy atom. The Morgan fingerprint density at radius 3 is 2.53 bits per heavy atom. The fraction of sp³-hybridized carbons (Fsp3) is 0.238. The number of rotatable bonds is 4. The molecule has 0 unspecified atom stereocenters. The molecular weight excluding hydrogens is 425 g/mol. The van der Waals surface area contributed by atoms with Crippen LogP contribution in [0.2, 0.25) is 0 Å². The van der Waals surface area contributed by atoms with Crippen LogP contribution in [0.25, 0.3) is 0 Å². The summed E-state index contributed by atoms with van der Waals surface area (Å²) in [6.07, 6.45) is -1.62. The number of fused-ring (bicyclic) bond motifs is 1. The number of nitrogens with two attached hydrogens (primary N) is 1. The van der Waals surface area contributed by atoms with Crippen molar-refractivity contribution < 1.29 is 22.8 Å². The standard InChI is InChI=1S/C21H19F3N6O2/c1-12-11-29(15-5-3-14(4-6-15)21(22,23)24)20(32)18-16(10-28-30(12)18)19(31)27-9-13-2-7-17(25)26-8-13/h2-8,10,12H,9,11H2,1H3,(H2,25,26)(H,27,31)/t12-/m0/s1. The van der Waals surface area contributed by atoms with Gasteiger partial charge in [0.15, 0.2) is 0 Å². The zero-order chi connectivity index (χ0) is 23.0. The molecule has 0 aliphatic carbocycles. The lowest BCUT2D eigenvalue weighted by molar-refractivity contribution is -0.137. The second kappa shape index (κ2) is 7.98. The Bertz CT molecular complexity index is 1160. The van der Waals surface area contributed by atoms with E-state index in [1.54, 1.807) is 12.1 Å². The lowest BCUT2D eigenvalue weighted by Crippen LogP contribution is -2.43. The van der Waals surface area contributed by atoms with Crippen LogP contribution in [0.3, 0.4) is 0 Å². The number of carbonyl (C=O) groups is 2. The third kappa shape index (κ3) is 4.01. The highest BCUT2D eigenvalue weighted by molar-refractivity contribution is 6.12. The van der Waals surface area contributed by atoms with E-state index in [9.17, 15) is 22.8 Å². The van der Waals surface area contributed by atoms with Crippen LogP contribution in [0.1, 0.15) is 44.9 Å². The van der Waals surface area contributed by atoms with Gasteiger partial charge in [-0.05, 0) is 42.8 Å². The largest absolute Gasteiger partial charge is 0.416 e. The summed E-state index contributed by atoms with van der Waals surface area (Å²) in [6.45, 7) is 2.18. The van der Waals surface area contributed by atoms with Crippen molar-refractivity contribution in [3.05, 3.63) is 71.2 Å². The van der Waals surface area contributed by atoms with E-state index < -0.39 is 23.6 Å². The molecule has 32 heavy (non-hydrogen) atoms. The maximum Gasteiger partial charge on any atom is 0.416 e. The fourth-order valence-electron chi connectivity index (χ4n) is 3.50. The minimum atomic E-state index is -4.47. The van der Waals surface area contributed by atoms with Crippen LogP contribution in [0.4, 0.5) is 24.7 Å². The van der Waals surface area contributed by atoms with Gasteiger partial charge in [0.05, 0.1) is 23.4 Å². The van der Waals surface area contributed by atoms with Crippen molar-refractivity contribution in [2.45, 2.75) is 25.7 Å². The maximum atomic E-state index is 13.2. The van der Waals surface area contributed by atoms with E-state index >= 15 is 0 Å². The third-order valence-electron chi connectivity index (χ3n) is 5.16. The number of nitrogens with zero attached hydrogens (tertiary/aromatic N) is 4. The van der Waals surface area contributed by atoms with Crippen LogP contribution in [0, 0.1) is 0 Å². The number of alkyl halides is 3. The van der Waals surface area contributed by atoms with Gasteiger partial charge >= 0.3 is 6.18 Å². The molecule has 3 aromatic rings. The predicted molar refractivity (Wildman–Crippen MR) is 110 cm³/mol. The first kappa shape index (κ1) is 21.3. The molecule has 1 aliphatic rings. The van der Waals surface area contributed by atoms with Crippen molar-refractivity contribution in [3.63, 3.8) is 0 Å². The molecule has 2 aromatic heterocycles. The van der Waals surface area contributed by atoms with Gasteiger partial charge < -0.3 is 16.0 Å². The average Bonchev–Trinajstić information content (AvgIpc) is 3.21. The highest BCUT2D eigenvalue weighted by atomic mass is 19.4. The van der Waals surface area contributed by atoms with Crippen molar-refractivity contribution in [2.75, 3.05) is 17.2 Å². The molecule has 4 rings (SSSR count). The van der Waals surface area contributed by atoms with E-state index in [2.05, 4.69) is 15.4 Å². The van der Waals surface area contributed by atoms with E-state index in [0.717, 1.165) is 17.7 Å². The van der Waals surface area contributed by atoms with Crippen LogP contribution >= 0.6 is 0 Å². The lowest BCUT2D eigenvalue weighted by Gasteiger charge is -2.32. The van der Waals surface area contributed by atoms with E-state index in [4.69, 9.17) is 5.73 Å². The zero-order valence-corrected chi connectivity index (χ0v) is 16.9. The first-order valence-corrected chi connectivity index (χ1v) is 9.70. The number of carbonyl (C=O) groups excluding carboxylic acids is 2. The summed E-state index contributed by atoms with van der Waals surface area (Å²) < 4.78 is 40.1. The number of benzene rings is 1. The molecule has 1 atom stereocenters. The first-order valence-electron chi connectivity index (χ1n) is 9.70. The van der Waals surface area contributed by atoms with Gasteiger partial charge in [-0.1, -0.05) is 6.07 Å². The van der Waals surface area contributed by atoms with Crippen LogP contribution in [0.15, 0.2) is 48.8 Å². The predicted octanol–water partition coefficient (Wildman–Crippen LogP) is 3.03. The number of aromatic nitrogens is 3. The van der Waals surface area contributed by atoms with E-state index in [0.29, 0.717) is 11.5 Å². The number of hydrogen-bond acceptors (Lipinski definition) is 5. The molecule has 3 heterocycles. The number of nitrogens with one attached hydrogen (secondary N) is 1. The molecule has 0 saturated carbocycles. The minimum absolute atomic E-state index is 0.0802. The number of amides is 2. The molecule has 0 saturated heterocycles. The number of pyridine rings is 1. The maximum absolute atomic E-state index is 13.2. The highest BCUT2D eigenvalue weighted by Gasteiger charge is 2.36. The number of anilines is 2. The summed E-state index contributed by atoms with van der Waals surface area (Å²) in [5.74, 6) is -0.661. The molecule has 8 nitrogen and oxygen atoms in total. The van der Waals surface area contributed by atoms with Crippen molar-refractivity contribution >= 4 is 23.3 Å². The van der Waals surface area contributed by atoms with E-state index in [1.807, 2.05) is 6.92 Å². The van der Waals surface area contributed by atoms with Crippen LogP contribution in [0.5, 0.6) is 0 Å². The highest BCUT2D eigenvalue weighted by Crippen LogP contribution is 2.32. The van der Waals surface area contributed by atoms with Gasteiger partial charge in [0.25, 0.3) is 11.8 Å². The zero-order valence-electron chi connectivity index (χ0n) is 16.9. The second-order valence-corrected chi connectivity index (χ2v) is 7.43. The summed E-state index contributed by atoms with van der Waals surface area (Å²) >= 11 is 0. The van der Waals surface area contributed by atoms with Crippen molar-refractivity contribution in [1.29, 1.82) is 0 Å². The molecular formula is C21H19F3N6O2. The van der Waals surface area contributed by atoms with Crippen LogP contribution in [-0.2, 0) is 12.7 Å². The fourth-order valence-corrected chi connectivity index (χ4v) is 3.50. The third-order valence-corrected chi connectivity index (χ3v) is 5.16. The SMILES string of the molecule is C[C@H]1CN(c2ccc(C(F)(F)F)cc2)C(=O)c2c(C(=O)NCc3ccc(N)nc3)cnn21. The summed E-state index contributed by atoms with van der Waals surface area (Å²) in [5, 5.41) is 6.90. The van der Waals surface area contributed by atoms with Gasteiger partial charge in [-0.3, -0.25) is 14.3 Å². The van der Waals surface area contributed by atoms with Gasteiger partial charge in [-0.2, -0.15) is 18.3 Å². The summed E-state index contributed by atoms with van der Waals surface area (Å²) in [6, 6.07) is 7.38. The van der Waals surface area contributed by atoms with Gasteiger partial charge in [0.1, 0.15) is 11.5 Å². The van der Waals surface area contributed by atoms with Crippen LogP contribution < -0.4 is 16.0 Å². The summed E-state index contributed by atoms with van der Waals surface area (Å²) in [5.41, 5.74) is 5.94. The van der Waals surface area contributed by atoms with Crippen molar-refractivity contribution in [1.82, 2.24) is 20.1 Å². The number of nitrogen functional groups attached to an aromatic ring is 1. The van der Waals surface area contributed by atoms with Gasteiger partial charge in [-0.25, -0.2) is 4.98 Å². The molecule has 1 aromatic carbocycles. The molecule has 166 valence electrons. The average molecular weight is 444 g/mol. The summed E-state index contributed by atoms with van der Waals surface area (Å²) in [7, 11) is 0. The Hall–Kier alpha value is -3.89. The Balaban J connectivity index is 1.57. The normalized spacial score (nSPS) is 16.1. The molecule has 11 heteroatoms. The van der Waals surface area contributed by atoms with Gasteiger partial charge in [0, 0.05) is 25.0 Å². The van der Waals surface area contributed by atoms with Gasteiger partial charge in [0.2, 0.25) is 0 Å². The molecule has 0 fully saturated rings. The van der Waals surface area contributed by atoms with Crippen molar-refractivity contribution in [2.24, 2.45) is 0 Å². The van der Waals surface area contributed by atoms with Crippen molar-refractivity contribution in [3.8, 4) is 0 Å². The van der Waals surface area contributed by atoms with Crippen LogP contribution in [-0.4, -0.2) is 33.1 Å². The molecule has 2 amide bonds. The first-order chi connectivity index (χ1) is 15.1. The Labute approximate surface area is 180 Å². The van der Waals surface area contributed by atoms with E-state index in [1.165, 1.54) is 34.1 Å². The number of hydrogen-bond donors (Lipinski definition) is 2. The quantitative estimate of drug-likeness (QED) is 0.644. The minimum Gasteiger partial charge on any atom is -0.384 e. The summed E-state index contributed by atoms with van der Waals surface area (Å²) in [4.78, 5) is 31.3. The molecule has 0 spiro atoms. The van der Waals surface area contributed by atoms with E-state index in [-0.39, 0.29) is 30.4 Å². The second-order valence-electron chi connectivity index (χ2n) is 7.43. The lowest BCUT2D eigenvalue weighted by atomic mass is 10.1. The Kier molecular flexibility index (Phi) is 5.33. The molecule has 0 radical (unpaired) electrons. The topological polar surface area (TPSA) is 106 Å². The van der Waals surface area contributed by atoms with Gasteiger partial charge in [-0.15, -0.1) is 0 Å². The monoisotopic (exact) mass is 444 g/mol. The Morgan fingerprint density at radius 2 is 1.91 bits per heavy atom. The molecule has 1 aliphatic heterocycles. The number of halogens is 3.